The average molecular weight is 326 g/mol. The van der Waals surface area contributed by atoms with Crippen LogP contribution in [-0.4, -0.2) is 40.3 Å². The molecular weight excluding hydrogens is 308 g/mol. The number of hydrogen-bond acceptors (Lipinski definition) is 5. The molecule has 0 spiro atoms. The van der Waals surface area contributed by atoms with Crippen molar-refractivity contribution in [3.8, 4) is 5.95 Å². The van der Waals surface area contributed by atoms with Crippen molar-refractivity contribution in [2.24, 2.45) is 0 Å². The summed E-state index contributed by atoms with van der Waals surface area (Å²) in [6, 6.07) is 3.91. The standard InChI is InChI=1S/C15H18N8O/c1-10-7-11(2)23(18-10)15-17-16-9-22(15)20-14(24)8-21-6-5-13(19-21)12-3-4-12/h5-7,9,12H,3-4,8H2,1-2H3,(H,20,24). The molecule has 24 heavy (non-hydrogen) atoms. The highest BCUT2D eigenvalue weighted by Crippen LogP contribution is 2.38. The first-order chi connectivity index (χ1) is 11.6. The van der Waals surface area contributed by atoms with Crippen molar-refractivity contribution >= 4 is 5.91 Å². The van der Waals surface area contributed by atoms with Crippen LogP contribution >= 0.6 is 0 Å². The van der Waals surface area contributed by atoms with Gasteiger partial charge in [0.2, 0.25) is 0 Å². The number of carbonyl (C=O) groups is 1. The van der Waals surface area contributed by atoms with Crippen LogP contribution in [0.5, 0.6) is 0 Å². The molecule has 9 heteroatoms. The first kappa shape index (κ1) is 14.6. The Bertz CT molecular complexity index is 885. The predicted octanol–water partition coefficient (Wildman–Crippen LogP) is 0.925. The smallest absolute Gasteiger partial charge is 0.271 e. The number of amides is 1. The Kier molecular flexibility index (Phi) is 3.40. The first-order valence-electron chi connectivity index (χ1n) is 7.87. The number of carbonyl (C=O) groups excluding carboxylic acids is 1. The van der Waals surface area contributed by atoms with Gasteiger partial charge in [-0.2, -0.15) is 10.2 Å². The molecular formula is C15H18N8O. The highest BCUT2D eigenvalue weighted by atomic mass is 16.2. The van der Waals surface area contributed by atoms with Crippen LogP contribution in [0.25, 0.3) is 5.95 Å². The number of aromatic nitrogens is 7. The van der Waals surface area contributed by atoms with E-state index in [1.165, 1.54) is 23.8 Å². The summed E-state index contributed by atoms with van der Waals surface area (Å²) in [5.74, 6) is 0.806. The van der Waals surface area contributed by atoms with Gasteiger partial charge >= 0.3 is 0 Å². The third-order valence-corrected chi connectivity index (χ3v) is 3.94. The molecule has 1 amide bonds. The molecule has 1 N–H and O–H groups in total. The van der Waals surface area contributed by atoms with Gasteiger partial charge in [-0.3, -0.25) is 14.9 Å². The molecule has 3 aromatic rings. The second-order valence-electron chi connectivity index (χ2n) is 6.09. The Labute approximate surface area is 138 Å². The van der Waals surface area contributed by atoms with Gasteiger partial charge < -0.3 is 0 Å². The fraction of sp³-hybridized carbons (Fsp3) is 0.400. The van der Waals surface area contributed by atoms with E-state index in [4.69, 9.17) is 0 Å². The summed E-state index contributed by atoms with van der Waals surface area (Å²) in [4.78, 5) is 12.3. The fourth-order valence-electron chi connectivity index (χ4n) is 2.66. The summed E-state index contributed by atoms with van der Waals surface area (Å²) >= 11 is 0. The molecule has 0 bridgehead atoms. The van der Waals surface area contributed by atoms with E-state index >= 15 is 0 Å². The molecule has 9 nitrogen and oxygen atoms in total. The largest absolute Gasteiger partial charge is 0.271 e. The molecule has 0 radical (unpaired) electrons. The second kappa shape index (κ2) is 5.59. The zero-order valence-electron chi connectivity index (χ0n) is 13.5. The zero-order chi connectivity index (χ0) is 16.7. The average Bonchev–Trinajstić information content (AvgIpc) is 2.95. The highest BCUT2D eigenvalue weighted by molar-refractivity contribution is 5.83. The lowest BCUT2D eigenvalue weighted by Crippen LogP contribution is -2.28. The third-order valence-electron chi connectivity index (χ3n) is 3.94. The first-order valence-corrected chi connectivity index (χ1v) is 7.87. The molecule has 0 aromatic carbocycles. The lowest BCUT2D eigenvalue weighted by atomic mass is 10.3. The molecule has 1 aliphatic carbocycles. The van der Waals surface area contributed by atoms with Crippen molar-refractivity contribution in [2.45, 2.75) is 39.2 Å². The van der Waals surface area contributed by atoms with Crippen LogP contribution in [0.2, 0.25) is 0 Å². The molecule has 0 aliphatic heterocycles. The number of nitrogens with zero attached hydrogens (tertiary/aromatic N) is 7. The topological polar surface area (TPSA) is 95.5 Å². The maximum absolute atomic E-state index is 12.3. The Balaban J connectivity index is 1.48. The summed E-state index contributed by atoms with van der Waals surface area (Å²) in [5, 5.41) is 16.7. The van der Waals surface area contributed by atoms with E-state index in [9.17, 15) is 4.79 Å². The van der Waals surface area contributed by atoms with Gasteiger partial charge in [-0.1, -0.05) is 0 Å². The Morgan fingerprint density at radius 1 is 1.33 bits per heavy atom. The lowest BCUT2D eigenvalue weighted by Gasteiger charge is -2.09. The maximum Gasteiger partial charge on any atom is 0.271 e. The highest BCUT2D eigenvalue weighted by Gasteiger charge is 2.26. The quantitative estimate of drug-likeness (QED) is 0.752. The van der Waals surface area contributed by atoms with E-state index in [0.29, 0.717) is 11.9 Å². The van der Waals surface area contributed by atoms with Crippen LogP contribution in [-0.2, 0) is 11.3 Å². The van der Waals surface area contributed by atoms with Gasteiger partial charge in [-0.15, -0.1) is 10.2 Å². The summed E-state index contributed by atoms with van der Waals surface area (Å²) in [6.07, 6.45) is 5.66. The van der Waals surface area contributed by atoms with Crippen molar-refractivity contribution < 1.29 is 4.79 Å². The second-order valence-corrected chi connectivity index (χ2v) is 6.09. The van der Waals surface area contributed by atoms with Gasteiger partial charge in [0.25, 0.3) is 11.9 Å². The minimum Gasteiger partial charge on any atom is -0.271 e. The Morgan fingerprint density at radius 3 is 2.88 bits per heavy atom. The lowest BCUT2D eigenvalue weighted by molar-refractivity contribution is -0.117. The van der Waals surface area contributed by atoms with E-state index in [1.54, 1.807) is 9.36 Å². The van der Waals surface area contributed by atoms with Gasteiger partial charge in [0.15, 0.2) is 0 Å². The SMILES string of the molecule is Cc1cc(C)n(-c2nncn2NC(=O)Cn2ccc(C3CC3)n2)n1. The van der Waals surface area contributed by atoms with E-state index in [2.05, 4.69) is 25.8 Å². The van der Waals surface area contributed by atoms with Crippen molar-refractivity contribution in [3.63, 3.8) is 0 Å². The predicted molar refractivity (Wildman–Crippen MR) is 85.2 cm³/mol. The maximum atomic E-state index is 12.3. The molecule has 3 heterocycles. The van der Waals surface area contributed by atoms with Gasteiger partial charge in [-0.25, -0.2) is 9.36 Å². The van der Waals surface area contributed by atoms with Crippen LogP contribution in [0.3, 0.4) is 0 Å². The van der Waals surface area contributed by atoms with E-state index in [0.717, 1.165) is 17.1 Å². The van der Waals surface area contributed by atoms with Crippen LogP contribution in [0.4, 0.5) is 0 Å². The Morgan fingerprint density at radius 2 is 2.17 bits per heavy atom. The minimum absolute atomic E-state index is 0.140. The number of rotatable bonds is 5. The van der Waals surface area contributed by atoms with Crippen molar-refractivity contribution in [1.82, 2.24) is 34.4 Å². The van der Waals surface area contributed by atoms with E-state index in [1.807, 2.05) is 32.2 Å². The van der Waals surface area contributed by atoms with Crippen molar-refractivity contribution in [2.75, 3.05) is 5.43 Å². The van der Waals surface area contributed by atoms with Gasteiger partial charge in [-0.05, 0) is 38.8 Å². The van der Waals surface area contributed by atoms with Gasteiger partial charge in [0, 0.05) is 17.8 Å². The molecule has 0 saturated heterocycles. The van der Waals surface area contributed by atoms with Crippen molar-refractivity contribution in [3.05, 3.63) is 41.7 Å². The van der Waals surface area contributed by atoms with Crippen LogP contribution < -0.4 is 5.43 Å². The van der Waals surface area contributed by atoms with E-state index in [-0.39, 0.29) is 12.5 Å². The number of hydrogen-bond donors (Lipinski definition) is 1. The summed E-state index contributed by atoms with van der Waals surface area (Å²) in [5.41, 5.74) is 5.61. The van der Waals surface area contributed by atoms with Crippen LogP contribution in [0.1, 0.15) is 35.8 Å². The summed E-state index contributed by atoms with van der Waals surface area (Å²) in [6.45, 7) is 3.96. The molecule has 0 atom stereocenters. The molecule has 1 aliphatic rings. The molecule has 0 unspecified atom stereocenters. The molecule has 4 rings (SSSR count). The number of aryl methyl sites for hydroxylation is 2. The molecule has 1 saturated carbocycles. The van der Waals surface area contributed by atoms with Gasteiger partial charge in [0.1, 0.15) is 12.9 Å². The zero-order valence-corrected chi connectivity index (χ0v) is 13.5. The molecule has 3 aromatic heterocycles. The molecule has 124 valence electrons. The van der Waals surface area contributed by atoms with Crippen LogP contribution in [0, 0.1) is 13.8 Å². The van der Waals surface area contributed by atoms with Gasteiger partial charge in [0.05, 0.1) is 11.4 Å². The summed E-state index contributed by atoms with van der Waals surface area (Å²) in [7, 11) is 0. The minimum atomic E-state index is -0.206. The normalized spacial score (nSPS) is 14.1. The Hall–Kier alpha value is -2.97. The summed E-state index contributed by atoms with van der Waals surface area (Å²) < 4.78 is 4.76. The fourth-order valence-corrected chi connectivity index (χ4v) is 2.66. The third kappa shape index (κ3) is 2.80. The monoisotopic (exact) mass is 326 g/mol. The van der Waals surface area contributed by atoms with Crippen molar-refractivity contribution in [1.29, 1.82) is 0 Å². The number of nitrogens with one attached hydrogen (secondary N) is 1. The van der Waals surface area contributed by atoms with Crippen LogP contribution in [0.15, 0.2) is 24.7 Å². The molecule has 1 fully saturated rings. The van der Waals surface area contributed by atoms with E-state index < -0.39 is 0 Å².